The maximum Gasteiger partial charge on any atom is 0.256 e. The van der Waals surface area contributed by atoms with E-state index < -0.39 is 11.6 Å². The zero-order chi connectivity index (χ0) is 19.5. The molecule has 28 heavy (non-hydrogen) atoms. The van der Waals surface area contributed by atoms with Crippen LogP contribution in [0.25, 0.3) is 0 Å². The molecule has 5 rings (SSSR count). The second-order valence-electron chi connectivity index (χ2n) is 8.02. The molecule has 0 unspecified atom stereocenters. The van der Waals surface area contributed by atoms with E-state index in [1.807, 2.05) is 36.4 Å². The van der Waals surface area contributed by atoms with Crippen LogP contribution in [0.1, 0.15) is 42.4 Å². The summed E-state index contributed by atoms with van der Waals surface area (Å²) in [6.45, 7) is 2.80. The first-order valence-electron chi connectivity index (χ1n) is 9.99. The van der Waals surface area contributed by atoms with E-state index >= 15 is 0 Å². The Hall–Kier alpha value is -2.73. The molecule has 6 nitrogen and oxygen atoms in total. The van der Waals surface area contributed by atoms with Crippen LogP contribution in [0.2, 0.25) is 0 Å². The van der Waals surface area contributed by atoms with Crippen LogP contribution in [-0.4, -0.2) is 34.4 Å². The molecule has 2 saturated heterocycles. The number of nitrogens with zero attached hydrogens (tertiary/aromatic N) is 2. The summed E-state index contributed by atoms with van der Waals surface area (Å²) in [6.07, 6.45) is 2.76. The SMILES string of the molecule is CCc1ccc([C@H]2[C@H]([N+](=O)[O-])[C@@]3(C(=O)Nc4ccccc43)N3CCC[C@@H]23)cc1. The molecule has 3 aliphatic heterocycles. The van der Waals surface area contributed by atoms with Gasteiger partial charge in [0.25, 0.3) is 11.9 Å². The number of hydrogen-bond acceptors (Lipinski definition) is 4. The van der Waals surface area contributed by atoms with Gasteiger partial charge in [0.2, 0.25) is 0 Å². The number of amides is 1. The van der Waals surface area contributed by atoms with E-state index in [0.29, 0.717) is 12.2 Å². The van der Waals surface area contributed by atoms with Gasteiger partial charge in [-0.1, -0.05) is 49.4 Å². The van der Waals surface area contributed by atoms with Gasteiger partial charge in [-0.25, -0.2) is 0 Å². The van der Waals surface area contributed by atoms with Crippen LogP contribution in [0, 0.1) is 10.1 Å². The third-order valence-electron chi connectivity index (χ3n) is 6.87. The number of benzene rings is 2. The van der Waals surface area contributed by atoms with E-state index in [0.717, 1.165) is 30.4 Å². The maximum atomic E-state index is 13.3. The number of carbonyl (C=O) groups excluding carboxylic acids is 1. The number of fused-ring (bicyclic) bond motifs is 4. The van der Waals surface area contributed by atoms with Crippen molar-refractivity contribution in [3.63, 3.8) is 0 Å². The van der Waals surface area contributed by atoms with Crippen molar-refractivity contribution < 1.29 is 9.72 Å². The molecule has 144 valence electrons. The second-order valence-corrected chi connectivity index (χ2v) is 8.02. The van der Waals surface area contributed by atoms with Crippen LogP contribution >= 0.6 is 0 Å². The van der Waals surface area contributed by atoms with Crippen LogP contribution in [-0.2, 0) is 16.8 Å². The van der Waals surface area contributed by atoms with Gasteiger partial charge in [0.15, 0.2) is 5.54 Å². The van der Waals surface area contributed by atoms with Crippen molar-refractivity contribution in [2.75, 3.05) is 11.9 Å². The number of nitro groups is 1. The third-order valence-corrected chi connectivity index (χ3v) is 6.87. The molecule has 0 radical (unpaired) electrons. The molecule has 1 amide bonds. The molecular weight excluding hydrogens is 354 g/mol. The maximum absolute atomic E-state index is 13.3. The monoisotopic (exact) mass is 377 g/mol. The third kappa shape index (κ3) is 2.09. The Labute approximate surface area is 163 Å². The molecule has 2 aromatic rings. The molecule has 0 aromatic heterocycles. The number of nitrogens with one attached hydrogen (secondary N) is 1. The molecule has 1 N–H and O–H groups in total. The highest BCUT2D eigenvalue weighted by Crippen LogP contribution is 2.57. The van der Waals surface area contributed by atoms with E-state index in [9.17, 15) is 14.9 Å². The lowest BCUT2D eigenvalue weighted by Crippen LogP contribution is -2.55. The number of rotatable bonds is 3. The van der Waals surface area contributed by atoms with Gasteiger partial charge < -0.3 is 5.32 Å². The van der Waals surface area contributed by atoms with Crippen LogP contribution in [0.5, 0.6) is 0 Å². The Morgan fingerprint density at radius 2 is 1.96 bits per heavy atom. The molecule has 4 atom stereocenters. The summed E-state index contributed by atoms with van der Waals surface area (Å²) in [5, 5.41) is 15.4. The van der Waals surface area contributed by atoms with Gasteiger partial charge in [-0.3, -0.25) is 19.8 Å². The molecule has 0 aliphatic carbocycles. The largest absolute Gasteiger partial charge is 0.324 e. The summed E-state index contributed by atoms with van der Waals surface area (Å²) < 4.78 is 0. The van der Waals surface area contributed by atoms with Crippen molar-refractivity contribution >= 4 is 11.6 Å². The topological polar surface area (TPSA) is 75.5 Å². The van der Waals surface area contributed by atoms with Gasteiger partial charge in [0, 0.05) is 28.8 Å². The second kappa shape index (κ2) is 6.14. The predicted molar refractivity (Wildman–Crippen MR) is 106 cm³/mol. The van der Waals surface area contributed by atoms with Crippen molar-refractivity contribution in [3.8, 4) is 0 Å². The molecule has 0 saturated carbocycles. The highest BCUT2D eigenvalue weighted by atomic mass is 16.6. The van der Waals surface area contributed by atoms with Crippen molar-refractivity contribution in [2.45, 2.75) is 49.7 Å². The highest BCUT2D eigenvalue weighted by Gasteiger charge is 2.73. The number of aryl methyl sites for hydroxylation is 1. The van der Waals surface area contributed by atoms with Crippen molar-refractivity contribution in [1.29, 1.82) is 0 Å². The average Bonchev–Trinajstić information content (AvgIpc) is 3.35. The molecular formula is C22H23N3O3. The molecule has 3 aliphatic rings. The van der Waals surface area contributed by atoms with E-state index in [1.54, 1.807) is 0 Å². The lowest BCUT2D eigenvalue weighted by atomic mass is 9.77. The molecule has 6 heteroatoms. The summed E-state index contributed by atoms with van der Waals surface area (Å²) in [5.74, 6) is -0.560. The summed E-state index contributed by atoms with van der Waals surface area (Å²) >= 11 is 0. The summed E-state index contributed by atoms with van der Waals surface area (Å²) in [5.41, 5.74) is 2.40. The quantitative estimate of drug-likeness (QED) is 0.658. The standard InChI is InChI=1S/C22H23N3O3/c1-2-14-9-11-15(12-10-14)19-18-8-5-13-24(18)22(20(19)25(27)28)16-6-3-4-7-17(16)23-21(22)26/h3-4,6-7,9-12,18-20H,2,5,8,13H2,1H3,(H,23,26)/t18-,19+,20-,22-/m0/s1. The molecule has 3 heterocycles. The first-order chi connectivity index (χ1) is 13.6. The van der Waals surface area contributed by atoms with Crippen molar-refractivity contribution in [2.24, 2.45) is 0 Å². The first-order valence-corrected chi connectivity index (χ1v) is 9.99. The van der Waals surface area contributed by atoms with Gasteiger partial charge in [-0.05, 0) is 36.5 Å². The van der Waals surface area contributed by atoms with Crippen LogP contribution in [0.15, 0.2) is 48.5 Å². The average molecular weight is 377 g/mol. The zero-order valence-corrected chi connectivity index (χ0v) is 15.8. The Bertz CT molecular complexity index is 958. The molecule has 2 fully saturated rings. The fraction of sp³-hybridized carbons (Fsp3) is 0.409. The molecule has 2 aromatic carbocycles. The van der Waals surface area contributed by atoms with Crippen molar-refractivity contribution in [3.05, 3.63) is 75.3 Å². The summed E-state index contributed by atoms with van der Waals surface area (Å²) in [7, 11) is 0. The summed E-state index contributed by atoms with van der Waals surface area (Å²) in [4.78, 5) is 27.7. The van der Waals surface area contributed by atoms with Crippen LogP contribution in [0.3, 0.4) is 0 Å². The summed E-state index contributed by atoms with van der Waals surface area (Å²) in [6, 6.07) is 14.6. The number of carbonyl (C=O) groups is 1. The predicted octanol–water partition coefficient (Wildman–Crippen LogP) is 3.30. The minimum Gasteiger partial charge on any atom is -0.324 e. The van der Waals surface area contributed by atoms with Gasteiger partial charge in [-0.2, -0.15) is 0 Å². The lowest BCUT2D eigenvalue weighted by Gasteiger charge is -2.32. The Balaban J connectivity index is 1.72. The van der Waals surface area contributed by atoms with E-state index in [2.05, 4.69) is 29.3 Å². The van der Waals surface area contributed by atoms with Crippen LogP contribution in [0.4, 0.5) is 5.69 Å². The minimum absolute atomic E-state index is 0.000201. The molecule has 0 bridgehead atoms. The fourth-order valence-corrected chi connectivity index (χ4v) is 5.75. The fourth-order valence-electron chi connectivity index (χ4n) is 5.75. The molecule has 1 spiro atoms. The number of anilines is 1. The van der Waals surface area contributed by atoms with Crippen LogP contribution < -0.4 is 5.32 Å². The van der Waals surface area contributed by atoms with Gasteiger partial charge in [0.05, 0.1) is 5.92 Å². The van der Waals surface area contributed by atoms with Gasteiger partial charge >= 0.3 is 0 Å². The Kier molecular flexibility index (Phi) is 3.81. The lowest BCUT2D eigenvalue weighted by molar-refractivity contribution is -0.534. The Morgan fingerprint density at radius 3 is 2.68 bits per heavy atom. The smallest absolute Gasteiger partial charge is 0.256 e. The minimum atomic E-state index is -1.23. The Morgan fingerprint density at radius 1 is 1.21 bits per heavy atom. The van der Waals surface area contributed by atoms with E-state index in [1.165, 1.54) is 5.56 Å². The van der Waals surface area contributed by atoms with Gasteiger partial charge in [-0.15, -0.1) is 0 Å². The highest BCUT2D eigenvalue weighted by molar-refractivity contribution is 6.07. The number of para-hydroxylation sites is 1. The van der Waals surface area contributed by atoms with E-state index in [4.69, 9.17) is 0 Å². The number of hydrogen-bond donors (Lipinski definition) is 1. The first kappa shape index (κ1) is 17.4. The van der Waals surface area contributed by atoms with Gasteiger partial charge in [0.1, 0.15) is 0 Å². The zero-order valence-electron chi connectivity index (χ0n) is 15.8. The van der Waals surface area contributed by atoms with Crippen molar-refractivity contribution in [1.82, 2.24) is 4.90 Å². The normalized spacial score (nSPS) is 31.0. The van der Waals surface area contributed by atoms with E-state index in [-0.39, 0.29) is 22.8 Å².